The number of benzene rings is 1. The predicted octanol–water partition coefficient (Wildman–Crippen LogP) is 2.76. The highest BCUT2D eigenvalue weighted by Crippen LogP contribution is 2.13. The van der Waals surface area contributed by atoms with Crippen molar-refractivity contribution in [3.63, 3.8) is 0 Å². The Bertz CT molecular complexity index is 497. The van der Waals surface area contributed by atoms with Gasteiger partial charge >= 0.3 is 0 Å². The summed E-state index contributed by atoms with van der Waals surface area (Å²) in [6.45, 7) is 9.03. The standard InChI is InChI=1S/C18H28N2O3/c1-5-7-12-19-18(22)16(13(3)4)20-17(21)14-8-10-15(11-9-14)23-6-2/h8-11,13,16H,5-7,12H2,1-4H3,(H,19,22)(H,20,21). The number of ether oxygens (including phenoxy) is 1. The fourth-order valence-corrected chi connectivity index (χ4v) is 2.13. The Balaban J connectivity index is 2.67. The smallest absolute Gasteiger partial charge is 0.251 e. The maximum Gasteiger partial charge on any atom is 0.251 e. The maximum absolute atomic E-state index is 12.3. The van der Waals surface area contributed by atoms with Crippen molar-refractivity contribution in [1.29, 1.82) is 0 Å². The van der Waals surface area contributed by atoms with Crippen LogP contribution in [0, 0.1) is 5.92 Å². The molecule has 0 aliphatic carbocycles. The van der Waals surface area contributed by atoms with E-state index in [4.69, 9.17) is 4.74 Å². The highest BCUT2D eigenvalue weighted by molar-refractivity contribution is 5.97. The van der Waals surface area contributed by atoms with Crippen LogP contribution < -0.4 is 15.4 Å². The van der Waals surface area contributed by atoms with Gasteiger partial charge in [0, 0.05) is 12.1 Å². The molecule has 1 atom stereocenters. The van der Waals surface area contributed by atoms with Crippen molar-refractivity contribution >= 4 is 11.8 Å². The van der Waals surface area contributed by atoms with Crippen molar-refractivity contribution in [3.8, 4) is 5.75 Å². The Labute approximate surface area is 138 Å². The van der Waals surface area contributed by atoms with Crippen LogP contribution >= 0.6 is 0 Å². The molecule has 23 heavy (non-hydrogen) atoms. The molecule has 0 spiro atoms. The molecule has 0 fully saturated rings. The van der Waals surface area contributed by atoms with Gasteiger partial charge in [0.15, 0.2) is 0 Å². The summed E-state index contributed by atoms with van der Waals surface area (Å²) >= 11 is 0. The molecular formula is C18H28N2O3. The van der Waals surface area contributed by atoms with Gasteiger partial charge in [-0.25, -0.2) is 0 Å². The lowest BCUT2D eigenvalue weighted by Gasteiger charge is -2.21. The average molecular weight is 320 g/mol. The Kier molecular flexibility index (Phi) is 8.16. The third-order valence-electron chi connectivity index (χ3n) is 3.49. The van der Waals surface area contributed by atoms with Crippen molar-refractivity contribution < 1.29 is 14.3 Å². The topological polar surface area (TPSA) is 67.4 Å². The first-order chi connectivity index (χ1) is 11.0. The van der Waals surface area contributed by atoms with Crippen LogP contribution in [0.15, 0.2) is 24.3 Å². The van der Waals surface area contributed by atoms with E-state index in [-0.39, 0.29) is 17.7 Å². The highest BCUT2D eigenvalue weighted by atomic mass is 16.5. The molecule has 0 bridgehead atoms. The summed E-state index contributed by atoms with van der Waals surface area (Å²) < 4.78 is 5.36. The molecule has 1 unspecified atom stereocenters. The van der Waals surface area contributed by atoms with E-state index in [9.17, 15) is 9.59 Å². The monoisotopic (exact) mass is 320 g/mol. The molecule has 2 amide bonds. The summed E-state index contributed by atoms with van der Waals surface area (Å²) in [6, 6.07) is 6.37. The first kappa shape index (κ1) is 19.0. The molecule has 0 aliphatic heterocycles. The lowest BCUT2D eigenvalue weighted by molar-refractivity contribution is -0.123. The summed E-state index contributed by atoms with van der Waals surface area (Å²) in [4.78, 5) is 24.6. The molecule has 1 aromatic rings. The summed E-state index contributed by atoms with van der Waals surface area (Å²) in [6.07, 6.45) is 1.95. The number of hydrogen-bond acceptors (Lipinski definition) is 3. The third-order valence-corrected chi connectivity index (χ3v) is 3.49. The van der Waals surface area contributed by atoms with Gasteiger partial charge in [-0.3, -0.25) is 9.59 Å². The second-order valence-electron chi connectivity index (χ2n) is 5.80. The quantitative estimate of drug-likeness (QED) is 0.688. The van der Waals surface area contributed by atoms with Crippen LogP contribution in [-0.2, 0) is 4.79 Å². The van der Waals surface area contributed by atoms with Crippen LogP contribution in [0.3, 0.4) is 0 Å². The first-order valence-corrected chi connectivity index (χ1v) is 8.31. The fraction of sp³-hybridized carbons (Fsp3) is 0.556. The Morgan fingerprint density at radius 2 is 1.78 bits per heavy atom. The molecule has 0 heterocycles. The summed E-state index contributed by atoms with van der Waals surface area (Å²) in [5, 5.41) is 5.69. The van der Waals surface area contributed by atoms with Crippen LogP contribution in [-0.4, -0.2) is 31.0 Å². The zero-order valence-corrected chi connectivity index (χ0v) is 14.5. The zero-order valence-electron chi connectivity index (χ0n) is 14.5. The Morgan fingerprint density at radius 3 is 2.30 bits per heavy atom. The van der Waals surface area contributed by atoms with E-state index < -0.39 is 6.04 Å². The number of unbranched alkanes of at least 4 members (excludes halogenated alkanes) is 1. The lowest BCUT2D eigenvalue weighted by atomic mass is 10.0. The minimum atomic E-state index is -0.536. The number of carbonyl (C=O) groups excluding carboxylic acids is 2. The van der Waals surface area contributed by atoms with Crippen LogP contribution in [0.2, 0.25) is 0 Å². The minimum Gasteiger partial charge on any atom is -0.494 e. The van der Waals surface area contributed by atoms with Gasteiger partial charge in [-0.2, -0.15) is 0 Å². The largest absolute Gasteiger partial charge is 0.494 e. The van der Waals surface area contributed by atoms with Crippen molar-refractivity contribution in [3.05, 3.63) is 29.8 Å². The van der Waals surface area contributed by atoms with Crippen LogP contribution in [0.1, 0.15) is 50.9 Å². The summed E-state index contributed by atoms with van der Waals surface area (Å²) in [5.41, 5.74) is 0.514. The van der Waals surface area contributed by atoms with E-state index in [1.54, 1.807) is 24.3 Å². The SMILES string of the molecule is CCCCNC(=O)C(NC(=O)c1ccc(OCC)cc1)C(C)C. The molecule has 1 aromatic carbocycles. The van der Waals surface area contributed by atoms with E-state index in [1.807, 2.05) is 20.8 Å². The van der Waals surface area contributed by atoms with Gasteiger partial charge in [0.25, 0.3) is 5.91 Å². The van der Waals surface area contributed by atoms with Gasteiger partial charge in [-0.05, 0) is 43.5 Å². The van der Waals surface area contributed by atoms with E-state index in [0.29, 0.717) is 18.7 Å². The van der Waals surface area contributed by atoms with Gasteiger partial charge < -0.3 is 15.4 Å². The summed E-state index contributed by atoms with van der Waals surface area (Å²) in [7, 11) is 0. The van der Waals surface area contributed by atoms with Gasteiger partial charge in [-0.15, -0.1) is 0 Å². The molecule has 5 nitrogen and oxygen atoms in total. The molecular weight excluding hydrogens is 292 g/mol. The fourth-order valence-electron chi connectivity index (χ4n) is 2.13. The minimum absolute atomic E-state index is 0.0169. The predicted molar refractivity (Wildman–Crippen MR) is 91.6 cm³/mol. The molecule has 5 heteroatoms. The van der Waals surface area contributed by atoms with Gasteiger partial charge in [0.1, 0.15) is 11.8 Å². The van der Waals surface area contributed by atoms with Crippen LogP contribution in [0.4, 0.5) is 0 Å². The zero-order chi connectivity index (χ0) is 17.2. The molecule has 2 N–H and O–H groups in total. The van der Waals surface area contributed by atoms with Crippen molar-refractivity contribution in [2.45, 2.75) is 46.6 Å². The van der Waals surface area contributed by atoms with Gasteiger partial charge in [-0.1, -0.05) is 27.2 Å². The van der Waals surface area contributed by atoms with Crippen molar-refractivity contribution in [2.75, 3.05) is 13.2 Å². The van der Waals surface area contributed by atoms with Crippen molar-refractivity contribution in [2.24, 2.45) is 5.92 Å². The normalized spacial score (nSPS) is 11.9. The molecule has 0 saturated carbocycles. The van der Waals surface area contributed by atoms with E-state index >= 15 is 0 Å². The maximum atomic E-state index is 12.3. The number of nitrogens with one attached hydrogen (secondary N) is 2. The molecule has 128 valence electrons. The second-order valence-corrected chi connectivity index (χ2v) is 5.80. The van der Waals surface area contributed by atoms with Crippen molar-refractivity contribution in [1.82, 2.24) is 10.6 Å². The summed E-state index contributed by atoms with van der Waals surface area (Å²) in [5.74, 6) is 0.357. The van der Waals surface area contributed by atoms with E-state index in [1.165, 1.54) is 0 Å². The molecule has 0 radical (unpaired) electrons. The molecule has 1 rings (SSSR count). The number of carbonyl (C=O) groups is 2. The number of amides is 2. The molecule has 0 aromatic heterocycles. The highest BCUT2D eigenvalue weighted by Gasteiger charge is 2.24. The number of rotatable bonds is 9. The van der Waals surface area contributed by atoms with E-state index in [2.05, 4.69) is 17.6 Å². The first-order valence-electron chi connectivity index (χ1n) is 8.31. The molecule has 0 saturated heterocycles. The average Bonchev–Trinajstić information content (AvgIpc) is 2.53. The molecule has 0 aliphatic rings. The van der Waals surface area contributed by atoms with Gasteiger partial charge in [0.2, 0.25) is 5.91 Å². The third kappa shape index (κ3) is 6.30. The van der Waals surface area contributed by atoms with Crippen LogP contribution in [0.25, 0.3) is 0 Å². The lowest BCUT2D eigenvalue weighted by Crippen LogP contribution is -2.49. The number of hydrogen-bond donors (Lipinski definition) is 2. The Morgan fingerprint density at radius 1 is 1.13 bits per heavy atom. The van der Waals surface area contributed by atoms with Crippen LogP contribution in [0.5, 0.6) is 5.75 Å². The van der Waals surface area contributed by atoms with E-state index in [0.717, 1.165) is 18.6 Å². The second kappa shape index (κ2) is 9.87. The van der Waals surface area contributed by atoms with Gasteiger partial charge in [0.05, 0.1) is 6.61 Å². The Hall–Kier alpha value is -2.04.